The highest BCUT2D eigenvalue weighted by atomic mass is 32.1. The standard InChI is InChI=1S/C24H28FN3O7S/c1-24(2,31)18-11-34-15(10-35-18)9-33-8-14-12-36-23-19(14)21(29)27-20(28-23)22(30)26-7-13-4-5-16(25)17(6-13)32-3/h4-6,12,15,18,31H,7-11H2,1-3H3,(H,26,30)(H,27,28,29). The molecule has 0 bridgehead atoms. The molecule has 12 heteroatoms. The van der Waals surface area contributed by atoms with Gasteiger partial charge in [-0.3, -0.25) is 9.59 Å². The largest absolute Gasteiger partial charge is 0.494 e. The Balaban J connectivity index is 1.34. The summed E-state index contributed by atoms with van der Waals surface area (Å²) in [5.41, 5.74) is -0.151. The van der Waals surface area contributed by atoms with Gasteiger partial charge in [-0.1, -0.05) is 6.07 Å². The van der Waals surface area contributed by atoms with Gasteiger partial charge < -0.3 is 34.4 Å². The van der Waals surface area contributed by atoms with Gasteiger partial charge in [0.25, 0.3) is 11.5 Å². The molecule has 0 spiro atoms. The molecule has 4 rings (SSSR count). The number of aliphatic hydroxyl groups is 1. The number of halogens is 1. The number of hydrogen-bond donors (Lipinski definition) is 3. The summed E-state index contributed by atoms with van der Waals surface area (Å²) in [4.78, 5) is 32.5. The van der Waals surface area contributed by atoms with Crippen LogP contribution in [0.3, 0.4) is 0 Å². The molecule has 36 heavy (non-hydrogen) atoms. The van der Waals surface area contributed by atoms with Gasteiger partial charge in [0, 0.05) is 12.1 Å². The summed E-state index contributed by atoms with van der Waals surface area (Å²) in [5, 5.41) is 14.8. The van der Waals surface area contributed by atoms with Gasteiger partial charge in [-0.05, 0) is 36.9 Å². The lowest BCUT2D eigenvalue weighted by molar-refractivity contribution is -0.200. The predicted molar refractivity (Wildman–Crippen MR) is 130 cm³/mol. The summed E-state index contributed by atoms with van der Waals surface area (Å²) in [6.07, 6.45) is -0.676. The normalized spacial score (nSPS) is 18.4. The van der Waals surface area contributed by atoms with Gasteiger partial charge in [0.1, 0.15) is 17.0 Å². The molecule has 1 saturated heterocycles. The van der Waals surface area contributed by atoms with E-state index in [1.165, 1.54) is 36.6 Å². The number of ether oxygens (including phenoxy) is 4. The Bertz CT molecular complexity index is 1280. The topological polar surface area (TPSA) is 132 Å². The highest BCUT2D eigenvalue weighted by Crippen LogP contribution is 2.23. The van der Waals surface area contributed by atoms with Crippen LogP contribution in [0, 0.1) is 5.82 Å². The van der Waals surface area contributed by atoms with E-state index in [4.69, 9.17) is 18.9 Å². The second kappa shape index (κ2) is 11.0. The molecule has 2 atom stereocenters. The summed E-state index contributed by atoms with van der Waals surface area (Å²) < 4.78 is 35.6. The number of methoxy groups -OCH3 is 1. The number of aromatic amines is 1. The zero-order chi connectivity index (χ0) is 25.9. The summed E-state index contributed by atoms with van der Waals surface area (Å²) >= 11 is 1.24. The van der Waals surface area contributed by atoms with Crippen LogP contribution in [-0.2, 0) is 27.4 Å². The molecular formula is C24H28FN3O7S. The van der Waals surface area contributed by atoms with Crippen molar-refractivity contribution in [3.05, 3.63) is 56.7 Å². The molecule has 3 aromatic rings. The van der Waals surface area contributed by atoms with Gasteiger partial charge in [-0.15, -0.1) is 11.3 Å². The number of carbonyl (C=O) groups is 1. The van der Waals surface area contributed by atoms with Crippen molar-refractivity contribution < 1.29 is 33.2 Å². The minimum Gasteiger partial charge on any atom is -0.494 e. The van der Waals surface area contributed by atoms with E-state index in [0.717, 1.165) is 0 Å². The third-order valence-electron chi connectivity index (χ3n) is 5.72. The molecule has 2 aromatic heterocycles. The highest BCUT2D eigenvalue weighted by Gasteiger charge is 2.33. The number of amides is 1. The van der Waals surface area contributed by atoms with Gasteiger partial charge in [-0.2, -0.15) is 0 Å². The molecule has 1 aliphatic heterocycles. The van der Waals surface area contributed by atoms with Crippen molar-refractivity contribution in [2.75, 3.05) is 26.9 Å². The molecule has 2 unspecified atom stereocenters. The molecule has 10 nitrogen and oxygen atoms in total. The number of nitrogens with one attached hydrogen (secondary N) is 2. The summed E-state index contributed by atoms with van der Waals surface area (Å²) in [5.74, 6) is -1.11. The fourth-order valence-corrected chi connectivity index (χ4v) is 4.57. The van der Waals surface area contributed by atoms with E-state index in [0.29, 0.717) is 28.0 Å². The summed E-state index contributed by atoms with van der Waals surface area (Å²) in [6.45, 7) is 4.43. The number of H-pyrrole nitrogens is 1. The minimum absolute atomic E-state index is 0.0731. The number of rotatable bonds is 9. The molecule has 3 heterocycles. The number of nitrogens with zero attached hydrogens (tertiary/aromatic N) is 1. The smallest absolute Gasteiger partial charge is 0.287 e. The van der Waals surface area contributed by atoms with E-state index in [2.05, 4.69) is 15.3 Å². The van der Waals surface area contributed by atoms with Crippen LogP contribution in [0.1, 0.15) is 35.6 Å². The monoisotopic (exact) mass is 521 g/mol. The van der Waals surface area contributed by atoms with Crippen LogP contribution >= 0.6 is 11.3 Å². The number of fused-ring (bicyclic) bond motifs is 1. The fraction of sp³-hybridized carbons (Fsp3) is 0.458. The summed E-state index contributed by atoms with van der Waals surface area (Å²) in [6, 6.07) is 4.26. The Hall–Kier alpha value is -2.90. The van der Waals surface area contributed by atoms with Crippen molar-refractivity contribution in [3.8, 4) is 5.75 Å². The molecule has 194 valence electrons. The second-order valence-electron chi connectivity index (χ2n) is 8.95. The first kappa shape index (κ1) is 26.2. The molecular weight excluding hydrogens is 493 g/mol. The quantitative estimate of drug-likeness (QED) is 0.390. The van der Waals surface area contributed by atoms with Crippen LogP contribution in [0.2, 0.25) is 0 Å². The number of aromatic nitrogens is 2. The van der Waals surface area contributed by atoms with Crippen LogP contribution in [-0.4, -0.2) is 65.7 Å². The first-order chi connectivity index (χ1) is 17.2. The van der Waals surface area contributed by atoms with Crippen LogP contribution < -0.4 is 15.6 Å². The van der Waals surface area contributed by atoms with Gasteiger partial charge in [0.2, 0.25) is 5.82 Å². The lowest BCUT2D eigenvalue weighted by Gasteiger charge is -2.35. The number of benzene rings is 1. The molecule has 0 radical (unpaired) electrons. The first-order valence-corrected chi connectivity index (χ1v) is 12.2. The maximum absolute atomic E-state index is 13.6. The third kappa shape index (κ3) is 6.08. The van der Waals surface area contributed by atoms with Crippen molar-refractivity contribution in [3.63, 3.8) is 0 Å². The average Bonchev–Trinajstić information content (AvgIpc) is 3.26. The summed E-state index contributed by atoms with van der Waals surface area (Å²) in [7, 11) is 1.36. The van der Waals surface area contributed by atoms with Crippen molar-refractivity contribution in [1.82, 2.24) is 15.3 Å². The predicted octanol–water partition coefficient (Wildman–Crippen LogP) is 2.13. The number of carbonyl (C=O) groups excluding carboxylic acids is 1. The maximum Gasteiger partial charge on any atom is 0.287 e. The Morgan fingerprint density at radius 1 is 1.36 bits per heavy atom. The van der Waals surface area contributed by atoms with E-state index in [1.807, 2.05) is 0 Å². The fourth-order valence-electron chi connectivity index (χ4n) is 3.65. The van der Waals surface area contributed by atoms with Crippen molar-refractivity contribution in [2.45, 2.75) is 44.8 Å². The van der Waals surface area contributed by atoms with Crippen molar-refractivity contribution >= 4 is 27.5 Å². The lowest BCUT2D eigenvalue weighted by atomic mass is 10.0. The molecule has 0 aliphatic carbocycles. The van der Waals surface area contributed by atoms with Gasteiger partial charge in [0.05, 0.1) is 44.5 Å². The Labute approximate surface area is 210 Å². The van der Waals surface area contributed by atoms with E-state index < -0.39 is 29.0 Å². The Morgan fingerprint density at radius 2 is 2.17 bits per heavy atom. The molecule has 1 aromatic carbocycles. The minimum atomic E-state index is -0.986. The van der Waals surface area contributed by atoms with Crippen LogP contribution in [0.25, 0.3) is 10.2 Å². The van der Waals surface area contributed by atoms with Crippen LogP contribution in [0.5, 0.6) is 5.75 Å². The molecule has 1 amide bonds. The molecule has 0 saturated carbocycles. The zero-order valence-electron chi connectivity index (χ0n) is 20.1. The zero-order valence-corrected chi connectivity index (χ0v) is 20.9. The Morgan fingerprint density at radius 3 is 2.86 bits per heavy atom. The van der Waals surface area contributed by atoms with E-state index >= 15 is 0 Å². The average molecular weight is 522 g/mol. The number of hydrogen-bond acceptors (Lipinski definition) is 9. The third-order valence-corrected chi connectivity index (χ3v) is 6.64. The highest BCUT2D eigenvalue weighted by molar-refractivity contribution is 7.16. The van der Waals surface area contributed by atoms with Gasteiger partial charge in [-0.25, -0.2) is 9.37 Å². The van der Waals surface area contributed by atoms with Crippen molar-refractivity contribution in [2.24, 2.45) is 0 Å². The van der Waals surface area contributed by atoms with E-state index in [9.17, 15) is 19.1 Å². The number of thiophene rings is 1. The van der Waals surface area contributed by atoms with Crippen LogP contribution in [0.4, 0.5) is 4.39 Å². The van der Waals surface area contributed by atoms with Gasteiger partial charge >= 0.3 is 0 Å². The van der Waals surface area contributed by atoms with Gasteiger partial charge in [0.15, 0.2) is 11.6 Å². The Kier molecular flexibility index (Phi) is 8.00. The first-order valence-electron chi connectivity index (χ1n) is 11.3. The lowest BCUT2D eigenvalue weighted by Crippen LogP contribution is -2.48. The molecule has 1 fully saturated rings. The van der Waals surface area contributed by atoms with Crippen LogP contribution in [0.15, 0.2) is 28.4 Å². The molecule has 1 aliphatic rings. The van der Waals surface area contributed by atoms with E-state index in [-0.39, 0.29) is 44.0 Å². The van der Waals surface area contributed by atoms with Crippen molar-refractivity contribution in [1.29, 1.82) is 0 Å². The SMILES string of the molecule is COc1cc(CNC(=O)c2nc3scc(COCC4COC(C(C)(C)O)CO4)c3c(=O)[nH]2)ccc1F. The maximum atomic E-state index is 13.6. The second-order valence-corrected chi connectivity index (χ2v) is 9.81. The van der Waals surface area contributed by atoms with E-state index in [1.54, 1.807) is 19.2 Å². The molecule has 3 N–H and O–H groups in total.